The van der Waals surface area contributed by atoms with Gasteiger partial charge in [-0.2, -0.15) is 11.8 Å². The van der Waals surface area contributed by atoms with Crippen LogP contribution in [0.1, 0.15) is 32.1 Å². The molecule has 1 heterocycles. The van der Waals surface area contributed by atoms with Gasteiger partial charge in [0.2, 0.25) is 0 Å². The SMILES string of the molecule is CSC(C)CCNC(C)c1nccn1C. The highest BCUT2D eigenvalue weighted by atomic mass is 32.2. The van der Waals surface area contributed by atoms with E-state index in [0.717, 1.165) is 17.6 Å². The maximum atomic E-state index is 4.33. The molecule has 0 fully saturated rings. The zero-order valence-electron chi connectivity index (χ0n) is 10.0. The van der Waals surface area contributed by atoms with Crippen LogP contribution in [-0.2, 0) is 7.05 Å². The third kappa shape index (κ3) is 3.87. The number of nitrogens with zero attached hydrogens (tertiary/aromatic N) is 2. The standard InChI is InChI=1S/C11H21N3S/c1-9(15-4)5-6-12-10(2)11-13-7-8-14(11)3/h7-10,12H,5-6H2,1-4H3. The Labute approximate surface area is 96.7 Å². The predicted molar refractivity (Wildman–Crippen MR) is 67.2 cm³/mol. The lowest BCUT2D eigenvalue weighted by atomic mass is 10.2. The summed E-state index contributed by atoms with van der Waals surface area (Å²) in [6, 6.07) is 0.332. The lowest BCUT2D eigenvalue weighted by Crippen LogP contribution is -2.24. The van der Waals surface area contributed by atoms with Gasteiger partial charge in [0, 0.05) is 24.7 Å². The van der Waals surface area contributed by atoms with E-state index in [1.807, 2.05) is 31.2 Å². The van der Waals surface area contributed by atoms with Crippen molar-refractivity contribution >= 4 is 11.8 Å². The van der Waals surface area contributed by atoms with Crippen LogP contribution in [0.5, 0.6) is 0 Å². The minimum atomic E-state index is 0.332. The highest BCUT2D eigenvalue weighted by Crippen LogP contribution is 2.11. The smallest absolute Gasteiger partial charge is 0.125 e. The van der Waals surface area contributed by atoms with Crippen LogP contribution in [-0.4, -0.2) is 27.6 Å². The van der Waals surface area contributed by atoms with Gasteiger partial charge in [-0.3, -0.25) is 0 Å². The van der Waals surface area contributed by atoms with Crippen molar-refractivity contribution in [1.82, 2.24) is 14.9 Å². The molecule has 86 valence electrons. The first-order valence-electron chi connectivity index (χ1n) is 5.38. The molecule has 15 heavy (non-hydrogen) atoms. The lowest BCUT2D eigenvalue weighted by molar-refractivity contribution is 0.520. The topological polar surface area (TPSA) is 29.9 Å². The second-order valence-electron chi connectivity index (χ2n) is 3.91. The molecule has 0 amide bonds. The van der Waals surface area contributed by atoms with E-state index in [2.05, 4.69) is 35.0 Å². The fourth-order valence-electron chi connectivity index (χ4n) is 1.51. The Balaban J connectivity index is 2.31. The molecule has 0 bridgehead atoms. The molecule has 4 heteroatoms. The largest absolute Gasteiger partial charge is 0.337 e. The summed E-state index contributed by atoms with van der Waals surface area (Å²) in [5.41, 5.74) is 0. The molecule has 2 atom stereocenters. The third-order valence-corrected chi connectivity index (χ3v) is 3.69. The molecule has 0 spiro atoms. The van der Waals surface area contributed by atoms with Crippen molar-refractivity contribution in [3.8, 4) is 0 Å². The van der Waals surface area contributed by atoms with Crippen molar-refractivity contribution in [3.63, 3.8) is 0 Å². The van der Waals surface area contributed by atoms with Gasteiger partial charge < -0.3 is 9.88 Å². The van der Waals surface area contributed by atoms with Crippen molar-refractivity contribution in [2.45, 2.75) is 31.6 Å². The summed E-state index contributed by atoms with van der Waals surface area (Å²) >= 11 is 1.92. The van der Waals surface area contributed by atoms with Crippen molar-refractivity contribution in [2.75, 3.05) is 12.8 Å². The molecule has 1 aromatic heterocycles. The number of hydrogen-bond acceptors (Lipinski definition) is 3. The molecule has 0 saturated heterocycles. The predicted octanol–water partition coefficient (Wildman–Crippen LogP) is 2.21. The zero-order chi connectivity index (χ0) is 11.3. The van der Waals surface area contributed by atoms with E-state index in [1.165, 1.54) is 6.42 Å². The number of aromatic nitrogens is 2. The Kier molecular flexibility index (Phi) is 5.19. The van der Waals surface area contributed by atoms with Gasteiger partial charge in [-0.25, -0.2) is 4.98 Å². The van der Waals surface area contributed by atoms with Crippen molar-refractivity contribution < 1.29 is 0 Å². The van der Waals surface area contributed by atoms with Crippen LogP contribution >= 0.6 is 11.8 Å². The van der Waals surface area contributed by atoms with Crippen LogP contribution in [0, 0.1) is 0 Å². The molecule has 0 saturated carbocycles. The molecule has 1 aromatic rings. The monoisotopic (exact) mass is 227 g/mol. The van der Waals surface area contributed by atoms with Crippen molar-refractivity contribution in [2.24, 2.45) is 7.05 Å². The fraction of sp³-hybridized carbons (Fsp3) is 0.727. The van der Waals surface area contributed by atoms with Gasteiger partial charge in [0.25, 0.3) is 0 Å². The van der Waals surface area contributed by atoms with Crippen LogP contribution < -0.4 is 5.32 Å². The van der Waals surface area contributed by atoms with Gasteiger partial charge in [-0.05, 0) is 26.1 Å². The second-order valence-corrected chi connectivity index (χ2v) is 5.18. The van der Waals surface area contributed by atoms with Crippen LogP contribution in [0.4, 0.5) is 0 Å². The Hall–Kier alpha value is -0.480. The average Bonchev–Trinajstić information content (AvgIpc) is 2.64. The molecule has 0 aliphatic carbocycles. The van der Waals surface area contributed by atoms with E-state index in [1.54, 1.807) is 0 Å². The minimum absolute atomic E-state index is 0.332. The van der Waals surface area contributed by atoms with Crippen molar-refractivity contribution in [3.05, 3.63) is 18.2 Å². The Morgan fingerprint density at radius 2 is 2.27 bits per heavy atom. The first kappa shape index (κ1) is 12.6. The summed E-state index contributed by atoms with van der Waals surface area (Å²) in [6.07, 6.45) is 7.19. The number of rotatable bonds is 6. The molecule has 0 aliphatic heterocycles. The number of thioether (sulfide) groups is 1. The number of nitrogens with one attached hydrogen (secondary N) is 1. The van der Waals surface area contributed by atoms with E-state index in [4.69, 9.17) is 0 Å². The summed E-state index contributed by atoms with van der Waals surface area (Å²) in [5, 5.41) is 4.22. The fourth-order valence-corrected chi connectivity index (χ4v) is 1.86. The van der Waals surface area contributed by atoms with Gasteiger partial charge in [0.05, 0.1) is 6.04 Å². The Morgan fingerprint density at radius 3 is 2.80 bits per heavy atom. The lowest BCUT2D eigenvalue weighted by Gasteiger charge is -2.15. The molecule has 0 aliphatic rings. The van der Waals surface area contributed by atoms with E-state index in [0.29, 0.717) is 6.04 Å². The van der Waals surface area contributed by atoms with Gasteiger partial charge in [0.1, 0.15) is 5.82 Å². The number of aryl methyl sites for hydroxylation is 1. The Bertz CT molecular complexity index is 285. The quantitative estimate of drug-likeness (QED) is 0.808. The molecule has 0 aromatic carbocycles. The summed E-state index contributed by atoms with van der Waals surface area (Å²) in [5.74, 6) is 1.10. The maximum Gasteiger partial charge on any atom is 0.125 e. The van der Waals surface area contributed by atoms with Gasteiger partial charge in [0.15, 0.2) is 0 Å². The molecule has 1 rings (SSSR count). The summed E-state index contributed by atoms with van der Waals surface area (Å²) in [7, 11) is 2.03. The third-order valence-electron chi connectivity index (χ3n) is 2.65. The van der Waals surface area contributed by atoms with E-state index < -0.39 is 0 Å². The normalized spacial score (nSPS) is 15.2. The molecule has 0 radical (unpaired) electrons. The van der Waals surface area contributed by atoms with Gasteiger partial charge in [-0.15, -0.1) is 0 Å². The Morgan fingerprint density at radius 1 is 1.53 bits per heavy atom. The first-order chi connectivity index (χ1) is 7.15. The van der Waals surface area contributed by atoms with Crippen molar-refractivity contribution in [1.29, 1.82) is 0 Å². The summed E-state index contributed by atoms with van der Waals surface area (Å²) in [6.45, 7) is 5.47. The maximum absolute atomic E-state index is 4.33. The second kappa shape index (κ2) is 6.18. The van der Waals surface area contributed by atoms with E-state index >= 15 is 0 Å². The first-order valence-corrected chi connectivity index (χ1v) is 6.67. The van der Waals surface area contributed by atoms with Gasteiger partial charge in [-0.1, -0.05) is 6.92 Å². The molecular weight excluding hydrogens is 206 g/mol. The molecule has 1 N–H and O–H groups in total. The summed E-state index contributed by atoms with van der Waals surface area (Å²) in [4.78, 5) is 4.33. The number of imidazole rings is 1. The molecular formula is C11H21N3S. The average molecular weight is 227 g/mol. The zero-order valence-corrected chi connectivity index (χ0v) is 10.8. The van der Waals surface area contributed by atoms with Crippen LogP contribution in [0.2, 0.25) is 0 Å². The highest BCUT2D eigenvalue weighted by Gasteiger charge is 2.09. The van der Waals surface area contributed by atoms with E-state index in [9.17, 15) is 0 Å². The summed E-state index contributed by atoms with van der Waals surface area (Å²) < 4.78 is 2.07. The highest BCUT2D eigenvalue weighted by molar-refractivity contribution is 7.99. The van der Waals surface area contributed by atoms with Crippen LogP contribution in [0.15, 0.2) is 12.4 Å². The van der Waals surface area contributed by atoms with Crippen LogP contribution in [0.25, 0.3) is 0 Å². The number of hydrogen-bond donors (Lipinski definition) is 1. The van der Waals surface area contributed by atoms with Gasteiger partial charge >= 0.3 is 0 Å². The molecule has 2 unspecified atom stereocenters. The van der Waals surface area contributed by atoms with E-state index in [-0.39, 0.29) is 0 Å². The van der Waals surface area contributed by atoms with Crippen LogP contribution in [0.3, 0.4) is 0 Å². The minimum Gasteiger partial charge on any atom is -0.337 e. The molecule has 3 nitrogen and oxygen atoms in total.